The SMILES string of the molecule is C[C@@H](OS(=O)(=O)O)[C@H]1CC[C@H]2[C@@H]3C[C@H](O)[C@H]4C[C@@H](O)CC[C@]4(C)[C@H]3CC[C@]12C. The molecule has 0 spiro atoms. The van der Waals surface area contributed by atoms with E-state index in [9.17, 15) is 18.6 Å². The van der Waals surface area contributed by atoms with E-state index >= 15 is 0 Å². The number of aliphatic hydroxyl groups excluding tert-OH is 2. The summed E-state index contributed by atoms with van der Waals surface area (Å²) in [6, 6.07) is 0. The standard InChI is InChI=1S/C21H36O6S/c1-12(27-28(24,25)26)15-4-5-16-14-11-19(23)18-10-13(22)6-8-21(18,3)17(14)7-9-20(15,16)2/h12-19,22-23H,4-11H2,1-3H3,(H,24,25,26)/t12-,13+,14+,15-,16+,17+,18-,19+,20-,21-/m1/s1. The number of rotatable bonds is 3. The molecule has 4 aliphatic carbocycles. The van der Waals surface area contributed by atoms with Gasteiger partial charge in [0.15, 0.2) is 0 Å². The second-order valence-corrected chi connectivity index (χ2v) is 11.7. The molecule has 0 unspecified atom stereocenters. The molecule has 0 saturated heterocycles. The van der Waals surface area contributed by atoms with E-state index in [1.54, 1.807) is 6.92 Å². The Morgan fingerprint density at radius 2 is 1.57 bits per heavy atom. The minimum Gasteiger partial charge on any atom is -0.393 e. The van der Waals surface area contributed by atoms with Crippen molar-refractivity contribution in [3.05, 3.63) is 0 Å². The lowest BCUT2D eigenvalue weighted by atomic mass is 9.44. The summed E-state index contributed by atoms with van der Waals surface area (Å²) in [4.78, 5) is 0. The van der Waals surface area contributed by atoms with Crippen LogP contribution in [-0.4, -0.2) is 41.5 Å². The Balaban J connectivity index is 1.59. The molecule has 0 bridgehead atoms. The highest BCUT2D eigenvalue weighted by Crippen LogP contribution is 2.67. The lowest BCUT2D eigenvalue weighted by molar-refractivity contribution is -0.173. The first-order chi connectivity index (χ1) is 13.0. The van der Waals surface area contributed by atoms with Crippen LogP contribution in [0.1, 0.15) is 72.1 Å². The summed E-state index contributed by atoms with van der Waals surface area (Å²) in [5, 5.41) is 21.2. The summed E-state index contributed by atoms with van der Waals surface area (Å²) in [6.45, 7) is 6.36. The Labute approximate surface area is 169 Å². The summed E-state index contributed by atoms with van der Waals surface area (Å²) in [6.07, 6.45) is 6.16. The van der Waals surface area contributed by atoms with Gasteiger partial charge in [0.2, 0.25) is 0 Å². The normalized spacial score (nSPS) is 52.4. The first-order valence-corrected chi connectivity index (χ1v) is 12.3. The molecule has 0 aromatic rings. The monoisotopic (exact) mass is 416 g/mol. The zero-order valence-electron chi connectivity index (χ0n) is 17.3. The van der Waals surface area contributed by atoms with Crippen LogP contribution in [0.2, 0.25) is 0 Å². The van der Waals surface area contributed by atoms with Crippen molar-refractivity contribution in [2.75, 3.05) is 0 Å². The maximum Gasteiger partial charge on any atom is 0.397 e. The van der Waals surface area contributed by atoms with Crippen molar-refractivity contribution in [1.29, 1.82) is 0 Å². The minimum atomic E-state index is -4.45. The zero-order chi connectivity index (χ0) is 20.5. The van der Waals surface area contributed by atoms with E-state index < -0.39 is 16.5 Å². The molecule has 0 aliphatic heterocycles. The van der Waals surface area contributed by atoms with E-state index in [1.807, 2.05) is 0 Å². The van der Waals surface area contributed by atoms with Crippen LogP contribution >= 0.6 is 0 Å². The third-order valence-electron chi connectivity index (χ3n) is 9.56. The first-order valence-electron chi connectivity index (χ1n) is 11.0. The van der Waals surface area contributed by atoms with Crippen LogP contribution in [0.3, 0.4) is 0 Å². The van der Waals surface area contributed by atoms with Gasteiger partial charge in [-0.1, -0.05) is 13.8 Å². The van der Waals surface area contributed by atoms with Gasteiger partial charge >= 0.3 is 10.4 Å². The molecule has 3 N–H and O–H groups in total. The van der Waals surface area contributed by atoms with E-state index in [4.69, 9.17) is 8.74 Å². The van der Waals surface area contributed by atoms with E-state index in [2.05, 4.69) is 13.8 Å². The summed E-state index contributed by atoms with van der Waals surface area (Å²) in [5.74, 6) is 1.72. The quantitative estimate of drug-likeness (QED) is 0.611. The van der Waals surface area contributed by atoms with Crippen LogP contribution in [0.5, 0.6) is 0 Å². The van der Waals surface area contributed by atoms with Crippen molar-refractivity contribution in [3.63, 3.8) is 0 Å². The molecule has 0 radical (unpaired) electrons. The van der Waals surface area contributed by atoms with Gasteiger partial charge in [0.1, 0.15) is 0 Å². The van der Waals surface area contributed by atoms with Gasteiger partial charge in [-0.25, -0.2) is 4.18 Å². The van der Waals surface area contributed by atoms with Gasteiger partial charge in [0, 0.05) is 0 Å². The predicted molar refractivity (Wildman–Crippen MR) is 105 cm³/mol. The topological polar surface area (TPSA) is 104 Å². The van der Waals surface area contributed by atoms with Gasteiger partial charge in [0.05, 0.1) is 18.3 Å². The highest BCUT2D eigenvalue weighted by molar-refractivity contribution is 7.80. The number of hydrogen-bond donors (Lipinski definition) is 3. The Kier molecular flexibility index (Phi) is 5.19. The van der Waals surface area contributed by atoms with E-state index in [0.29, 0.717) is 24.2 Å². The second kappa shape index (κ2) is 6.91. The van der Waals surface area contributed by atoms with Crippen LogP contribution in [-0.2, 0) is 14.6 Å². The summed E-state index contributed by atoms with van der Waals surface area (Å²) in [7, 11) is -4.45. The second-order valence-electron chi connectivity index (χ2n) is 10.7. The van der Waals surface area contributed by atoms with Crippen molar-refractivity contribution < 1.29 is 27.4 Å². The van der Waals surface area contributed by atoms with Gasteiger partial charge in [-0.2, -0.15) is 8.42 Å². The fraction of sp³-hybridized carbons (Fsp3) is 1.00. The summed E-state index contributed by atoms with van der Waals surface area (Å²) in [5.41, 5.74) is 0.0555. The van der Waals surface area contributed by atoms with Gasteiger partial charge < -0.3 is 10.2 Å². The van der Waals surface area contributed by atoms with Crippen molar-refractivity contribution in [2.24, 2.45) is 40.4 Å². The Bertz CT molecular complexity index is 710. The number of fused-ring (bicyclic) bond motifs is 5. The maximum atomic E-state index is 11.2. The third-order valence-corrected chi connectivity index (χ3v) is 10.1. The van der Waals surface area contributed by atoms with E-state index in [1.165, 1.54) is 0 Å². The fourth-order valence-electron chi connectivity index (χ4n) is 8.35. The van der Waals surface area contributed by atoms with E-state index in [0.717, 1.165) is 44.9 Å². The van der Waals surface area contributed by atoms with Gasteiger partial charge in [-0.15, -0.1) is 0 Å². The molecule has 6 nitrogen and oxygen atoms in total. The number of aliphatic hydroxyl groups is 2. The maximum absolute atomic E-state index is 11.2. The molecule has 0 amide bonds. The van der Waals surface area contributed by atoms with Crippen molar-refractivity contribution >= 4 is 10.4 Å². The molecule has 4 fully saturated rings. The molecule has 0 aromatic carbocycles. The molecule has 4 saturated carbocycles. The van der Waals surface area contributed by atoms with Crippen LogP contribution in [0, 0.1) is 40.4 Å². The first kappa shape index (κ1) is 21.0. The smallest absolute Gasteiger partial charge is 0.393 e. The molecule has 28 heavy (non-hydrogen) atoms. The molecular weight excluding hydrogens is 380 g/mol. The minimum absolute atomic E-state index is 0.0254. The molecule has 4 aliphatic rings. The average molecular weight is 417 g/mol. The fourth-order valence-corrected chi connectivity index (χ4v) is 8.87. The highest BCUT2D eigenvalue weighted by Gasteiger charge is 2.62. The molecule has 0 heterocycles. The Hall–Kier alpha value is -0.210. The Morgan fingerprint density at radius 3 is 2.25 bits per heavy atom. The lowest BCUT2D eigenvalue weighted by Gasteiger charge is -2.62. The van der Waals surface area contributed by atoms with E-state index in [-0.39, 0.29) is 34.9 Å². The lowest BCUT2D eigenvalue weighted by Crippen LogP contribution is -2.58. The Morgan fingerprint density at radius 1 is 0.929 bits per heavy atom. The van der Waals surface area contributed by atoms with Gasteiger partial charge in [-0.05, 0) is 98.7 Å². The predicted octanol–water partition coefficient (Wildman–Crippen LogP) is 3.18. The molecule has 7 heteroatoms. The van der Waals surface area contributed by atoms with Gasteiger partial charge in [-0.3, -0.25) is 4.55 Å². The molecular formula is C21H36O6S. The third kappa shape index (κ3) is 3.25. The molecule has 162 valence electrons. The van der Waals surface area contributed by atoms with Crippen molar-refractivity contribution in [3.8, 4) is 0 Å². The molecule has 0 aromatic heterocycles. The van der Waals surface area contributed by atoms with Crippen LogP contribution in [0.15, 0.2) is 0 Å². The highest BCUT2D eigenvalue weighted by atomic mass is 32.3. The average Bonchev–Trinajstić information content (AvgIpc) is 2.93. The van der Waals surface area contributed by atoms with Crippen LogP contribution < -0.4 is 0 Å². The van der Waals surface area contributed by atoms with Crippen LogP contribution in [0.25, 0.3) is 0 Å². The summed E-state index contributed by atoms with van der Waals surface area (Å²) < 4.78 is 36.6. The van der Waals surface area contributed by atoms with Crippen molar-refractivity contribution in [1.82, 2.24) is 0 Å². The van der Waals surface area contributed by atoms with Gasteiger partial charge in [0.25, 0.3) is 0 Å². The van der Waals surface area contributed by atoms with Crippen LogP contribution in [0.4, 0.5) is 0 Å². The number of hydrogen-bond acceptors (Lipinski definition) is 5. The molecule has 10 atom stereocenters. The largest absolute Gasteiger partial charge is 0.397 e. The van der Waals surface area contributed by atoms with Crippen molar-refractivity contribution in [2.45, 2.75) is 90.4 Å². The zero-order valence-corrected chi connectivity index (χ0v) is 18.1. The summed E-state index contributed by atoms with van der Waals surface area (Å²) >= 11 is 0. The molecule has 4 rings (SSSR count).